The first-order chi connectivity index (χ1) is 9.59. The van der Waals surface area contributed by atoms with Gasteiger partial charge in [0.25, 0.3) is 0 Å². The standard InChI is InChI=1S/C13H19N3O4/c14-10(12(17)18)7-3-1-5-9-6-2-4-8-11-15-20-13(19)16(9)11/h3,7,9-10H,1-2,4-6,8,14H2,(H,17,18)/b7-3+. The molecule has 0 aliphatic carbocycles. The molecule has 1 aliphatic heterocycles. The molecule has 0 bridgehead atoms. The number of aliphatic carboxylic acids is 1. The summed E-state index contributed by atoms with van der Waals surface area (Å²) in [4.78, 5) is 22.2. The lowest BCUT2D eigenvalue weighted by molar-refractivity contribution is -0.137. The van der Waals surface area contributed by atoms with Gasteiger partial charge in [-0.05, 0) is 25.7 Å². The van der Waals surface area contributed by atoms with Crippen LogP contribution in [0, 0.1) is 0 Å². The van der Waals surface area contributed by atoms with Crippen molar-refractivity contribution in [3.63, 3.8) is 0 Å². The minimum absolute atomic E-state index is 0.0666. The van der Waals surface area contributed by atoms with Crippen LogP contribution in [0.4, 0.5) is 0 Å². The Morgan fingerprint density at radius 3 is 3.15 bits per heavy atom. The molecule has 0 saturated carbocycles. The van der Waals surface area contributed by atoms with Crippen molar-refractivity contribution in [3.8, 4) is 0 Å². The van der Waals surface area contributed by atoms with E-state index in [2.05, 4.69) is 5.16 Å². The normalized spacial score (nSPS) is 20.6. The van der Waals surface area contributed by atoms with Gasteiger partial charge in [-0.3, -0.25) is 13.9 Å². The Balaban J connectivity index is 1.98. The summed E-state index contributed by atoms with van der Waals surface area (Å²) in [6.45, 7) is 0. The highest BCUT2D eigenvalue weighted by Gasteiger charge is 2.22. The number of carboxylic acids is 1. The number of fused-ring (bicyclic) bond motifs is 1. The van der Waals surface area contributed by atoms with Crippen LogP contribution in [-0.2, 0) is 11.2 Å². The van der Waals surface area contributed by atoms with Crippen LogP contribution in [0.1, 0.15) is 44.0 Å². The number of carboxylic acid groups (broad SMARTS) is 1. The third kappa shape index (κ3) is 3.36. The maximum absolute atomic E-state index is 11.7. The monoisotopic (exact) mass is 281 g/mol. The van der Waals surface area contributed by atoms with Crippen molar-refractivity contribution in [2.75, 3.05) is 0 Å². The Bertz CT molecular complexity index is 546. The van der Waals surface area contributed by atoms with Gasteiger partial charge in [-0.15, -0.1) is 0 Å². The van der Waals surface area contributed by atoms with Gasteiger partial charge in [0.2, 0.25) is 0 Å². The van der Waals surface area contributed by atoms with Gasteiger partial charge in [0.05, 0.1) is 0 Å². The van der Waals surface area contributed by atoms with Crippen molar-refractivity contribution in [1.82, 2.24) is 9.72 Å². The Morgan fingerprint density at radius 2 is 2.40 bits per heavy atom. The maximum atomic E-state index is 11.7. The predicted molar refractivity (Wildman–Crippen MR) is 71.3 cm³/mol. The SMILES string of the molecule is NC(/C=C/CCC1CCCCc2noc(=O)n21)C(=O)O. The zero-order valence-corrected chi connectivity index (χ0v) is 11.2. The van der Waals surface area contributed by atoms with E-state index in [-0.39, 0.29) is 6.04 Å². The number of hydrogen-bond acceptors (Lipinski definition) is 5. The zero-order chi connectivity index (χ0) is 14.5. The van der Waals surface area contributed by atoms with Crippen LogP contribution in [0.2, 0.25) is 0 Å². The van der Waals surface area contributed by atoms with Crippen LogP contribution in [0.3, 0.4) is 0 Å². The fourth-order valence-corrected chi connectivity index (χ4v) is 2.49. The summed E-state index contributed by atoms with van der Waals surface area (Å²) in [6, 6.07) is -0.907. The largest absolute Gasteiger partial charge is 0.480 e. The third-order valence-electron chi connectivity index (χ3n) is 3.55. The highest BCUT2D eigenvalue weighted by molar-refractivity contribution is 5.75. The van der Waals surface area contributed by atoms with E-state index < -0.39 is 17.8 Å². The summed E-state index contributed by atoms with van der Waals surface area (Å²) < 4.78 is 6.36. The molecule has 2 unspecified atom stereocenters. The average Bonchev–Trinajstić information content (AvgIpc) is 2.66. The molecule has 2 atom stereocenters. The molecule has 7 nitrogen and oxygen atoms in total. The van der Waals surface area contributed by atoms with E-state index in [0.717, 1.165) is 32.1 Å². The molecule has 2 rings (SSSR count). The second-order valence-electron chi connectivity index (χ2n) is 5.00. The number of aromatic nitrogens is 2. The molecule has 1 aromatic rings. The first-order valence-corrected chi connectivity index (χ1v) is 6.81. The molecule has 3 N–H and O–H groups in total. The van der Waals surface area contributed by atoms with E-state index in [1.807, 2.05) is 0 Å². The van der Waals surface area contributed by atoms with E-state index in [4.69, 9.17) is 15.4 Å². The lowest BCUT2D eigenvalue weighted by Crippen LogP contribution is -2.27. The van der Waals surface area contributed by atoms with Crippen molar-refractivity contribution in [2.24, 2.45) is 5.73 Å². The molecule has 0 amide bonds. The topological polar surface area (TPSA) is 111 Å². The van der Waals surface area contributed by atoms with Gasteiger partial charge in [0, 0.05) is 12.5 Å². The van der Waals surface area contributed by atoms with E-state index in [1.165, 1.54) is 6.08 Å². The molecule has 7 heteroatoms. The Labute approximate surface area is 116 Å². The summed E-state index contributed by atoms with van der Waals surface area (Å²) in [5.41, 5.74) is 5.38. The number of nitrogens with zero attached hydrogens (tertiary/aromatic N) is 2. The van der Waals surface area contributed by atoms with Crippen molar-refractivity contribution in [1.29, 1.82) is 0 Å². The van der Waals surface area contributed by atoms with Crippen LogP contribution in [0.25, 0.3) is 0 Å². The summed E-state index contributed by atoms with van der Waals surface area (Å²) in [5.74, 6) is -0.741. The third-order valence-corrected chi connectivity index (χ3v) is 3.55. The lowest BCUT2D eigenvalue weighted by Gasteiger charge is -2.14. The van der Waals surface area contributed by atoms with E-state index in [1.54, 1.807) is 10.6 Å². The van der Waals surface area contributed by atoms with Gasteiger partial charge < -0.3 is 10.8 Å². The van der Waals surface area contributed by atoms with Gasteiger partial charge in [0.15, 0.2) is 5.82 Å². The van der Waals surface area contributed by atoms with Gasteiger partial charge >= 0.3 is 11.7 Å². The molecule has 1 aromatic heterocycles. The summed E-state index contributed by atoms with van der Waals surface area (Å²) >= 11 is 0. The molecule has 2 heterocycles. The minimum Gasteiger partial charge on any atom is -0.480 e. The fraction of sp³-hybridized carbons (Fsp3) is 0.615. The van der Waals surface area contributed by atoms with E-state index in [0.29, 0.717) is 12.2 Å². The van der Waals surface area contributed by atoms with Crippen molar-refractivity contribution in [3.05, 3.63) is 28.5 Å². The molecule has 0 aromatic carbocycles. The molecule has 0 radical (unpaired) electrons. The maximum Gasteiger partial charge on any atom is 0.441 e. The van der Waals surface area contributed by atoms with Crippen LogP contribution in [0.5, 0.6) is 0 Å². The molecule has 20 heavy (non-hydrogen) atoms. The molecule has 110 valence electrons. The smallest absolute Gasteiger partial charge is 0.441 e. The molecule has 1 aliphatic rings. The van der Waals surface area contributed by atoms with Gasteiger partial charge in [-0.25, -0.2) is 4.79 Å². The molecule has 0 fully saturated rings. The molecule has 0 saturated heterocycles. The van der Waals surface area contributed by atoms with Crippen molar-refractivity contribution < 1.29 is 14.4 Å². The highest BCUT2D eigenvalue weighted by Crippen LogP contribution is 2.25. The van der Waals surface area contributed by atoms with E-state index in [9.17, 15) is 9.59 Å². The lowest BCUT2D eigenvalue weighted by atomic mass is 10.0. The average molecular weight is 281 g/mol. The minimum atomic E-state index is -1.05. The Hall–Kier alpha value is -1.89. The number of allylic oxidation sites excluding steroid dienone is 1. The number of rotatable bonds is 5. The second kappa shape index (κ2) is 6.51. The Kier molecular flexibility index (Phi) is 4.73. The number of carbonyl (C=O) groups is 1. The summed E-state index contributed by atoms with van der Waals surface area (Å²) in [5, 5.41) is 12.5. The zero-order valence-electron chi connectivity index (χ0n) is 11.2. The van der Waals surface area contributed by atoms with Crippen LogP contribution in [-0.4, -0.2) is 26.8 Å². The van der Waals surface area contributed by atoms with Gasteiger partial charge in [0.1, 0.15) is 6.04 Å². The summed E-state index contributed by atoms with van der Waals surface area (Å²) in [6.07, 6.45) is 8.36. The Morgan fingerprint density at radius 1 is 1.60 bits per heavy atom. The van der Waals surface area contributed by atoms with Gasteiger partial charge in [-0.1, -0.05) is 23.7 Å². The van der Waals surface area contributed by atoms with Crippen LogP contribution >= 0.6 is 0 Å². The molecular formula is C13H19N3O4. The number of aryl methyl sites for hydroxylation is 1. The summed E-state index contributed by atoms with van der Waals surface area (Å²) in [7, 11) is 0. The first-order valence-electron chi connectivity index (χ1n) is 6.81. The quantitative estimate of drug-likeness (QED) is 0.774. The fourth-order valence-electron chi connectivity index (χ4n) is 2.49. The van der Waals surface area contributed by atoms with Crippen molar-refractivity contribution in [2.45, 2.75) is 50.6 Å². The number of hydrogen-bond donors (Lipinski definition) is 2. The number of nitrogens with two attached hydrogens (primary N) is 1. The second-order valence-corrected chi connectivity index (χ2v) is 5.00. The molecule has 0 spiro atoms. The van der Waals surface area contributed by atoms with Gasteiger partial charge in [-0.2, -0.15) is 0 Å². The van der Waals surface area contributed by atoms with Crippen LogP contribution in [0.15, 0.2) is 21.5 Å². The first kappa shape index (κ1) is 14.5. The highest BCUT2D eigenvalue weighted by atomic mass is 16.5. The molecular weight excluding hydrogens is 262 g/mol. The van der Waals surface area contributed by atoms with Crippen LogP contribution < -0.4 is 11.5 Å². The predicted octanol–water partition coefficient (Wildman–Crippen LogP) is 0.852. The van der Waals surface area contributed by atoms with E-state index >= 15 is 0 Å². The van der Waals surface area contributed by atoms with Crippen molar-refractivity contribution >= 4 is 5.97 Å².